The molecule has 1 amide bonds. The van der Waals surface area contributed by atoms with E-state index < -0.39 is 11.7 Å². The van der Waals surface area contributed by atoms with Crippen LogP contribution in [0.25, 0.3) is 0 Å². The first-order valence-electron chi connectivity index (χ1n) is 10.5. The number of amides is 1. The van der Waals surface area contributed by atoms with Crippen LogP contribution in [-0.2, 0) is 24.1 Å². The van der Waals surface area contributed by atoms with Crippen LogP contribution in [0.4, 0.5) is 13.2 Å². The molecule has 5 nitrogen and oxygen atoms in total. The predicted molar refractivity (Wildman–Crippen MR) is 109 cm³/mol. The number of pyridine rings is 1. The van der Waals surface area contributed by atoms with Crippen molar-refractivity contribution in [1.82, 2.24) is 15.2 Å². The summed E-state index contributed by atoms with van der Waals surface area (Å²) in [6.07, 6.45) is -0.478. The van der Waals surface area contributed by atoms with Gasteiger partial charge in [0.1, 0.15) is 12.4 Å². The number of benzene rings is 1. The highest BCUT2D eigenvalue weighted by molar-refractivity contribution is 5.79. The van der Waals surface area contributed by atoms with Gasteiger partial charge in [-0.25, -0.2) is 0 Å². The van der Waals surface area contributed by atoms with Crippen molar-refractivity contribution in [2.24, 2.45) is 5.92 Å². The second kappa shape index (κ2) is 8.86. The highest BCUT2D eigenvalue weighted by Gasteiger charge is 2.37. The van der Waals surface area contributed by atoms with Gasteiger partial charge in [0.2, 0.25) is 5.91 Å². The number of hydrogen-bond donors (Lipinski definition) is 1. The van der Waals surface area contributed by atoms with Crippen LogP contribution in [0.5, 0.6) is 5.75 Å². The number of nitrogens with zero attached hydrogens (tertiary/aromatic N) is 2. The lowest BCUT2D eigenvalue weighted by atomic mass is 9.78. The molecular formula is C23H26F3N3O2. The van der Waals surface area contributed by atoms with Gasteiger partial charge in [-0.15, -0.1) is 0 Å². The van der Waals surface area contributed by atoms with E-state index in [9.17, 15) is 18.0 Å². The van der Waals surface area contributed by atoms with Crippen LogP contribution in [0, 0.1) is 5.92 Å². The van der Waals surface area contributed by atoms with Gasteiger partial charge in [0.15, 0.2) is 0 Å². The molecule has 1 aromatic heterocycles. The molecule has 0 unspecified atom stereocenters. The molecular weight excluding hydrogens is 407 g/mol. The Morgan fingerprint density at radius 1 is 1.23 bits per heavy atom. The van der Waals surface area contributed by atoms with Crippen LogP contribution in [0.3, 0.4) is 0 Å². The summed E-state index contributed by atoms with van der Waals surface area (Å²) in [5.41, 5.74) is 1.06. The van der Waals surface area contributed by atoms with Gasteiger partial charge >= 0.3 is 6.18 Å². The molecule has 0 radical (unpaired) electrons. The van der Waals surface area contributed by atoms with Gasteiger partial charge < -0.3 is 10.1 Å². The van der Waals surface area contributed by atoms with Gasteiger partial charge in [0.25, 0.3) is 0 Å². The van der Waals surface area contributed by atoms with E-state index in [0.29, 0.717) is 11.3 Å². The van der Waals surface area contributed by atoms with Crippen LogP contribution in [0.15, 0.2) is 36.5 Å². The first kappa shape index (κ1) is 21.6. The number of rotatable bonds is 7. The van der Waals surface area contributed by atoms with Gasteiger partial charge in [0.05, 0.1) is 17.2 Å². The van der Waals surface area contributed by atoms with E-state index in [1.807, 2.05) is 12.1 Å². The largest absolute Gasteiger partial charge is 0.487 e. The van der Waals surface area contributed by atoms with E-state index in [-0.39, 0.29) is 30.0 Å². The zero-order chi connectivity index (χ0) is 22.0. The fourth-order valence-electron chi connectivity index (χ4n) is 4.05. The Kier molecular flexibility index (Phi) is 6.18. The van der Waals surface area contributed by atoms with Crippen molar-refractivity contribution in [2.45, 2.75) is 44.5 Å². The van der Waals surface area contributed by atoms with Crippen molar-refractivity contribution >= 4 is 5.91 Å². The average molecular weight is 433 g/mol. The Labute approximate surface area is 179 Å². The highest BCUT2D eigenvalue weighted by atomic mass is 19.4. The van der Waals surface area contributed by atoms with E-state index in [4.69, 9.17) is 4.74 Å². The molecule has 2 aromatic rings. The lowest BCUT2D eigenvalue weighted by molar-refractivity contribution is -0.138. The van der Waals surface area contributed by atoms with Crippen molar-refractivity contribution in [3.63, 3.8) is 0 Å². The molecule has 1 N–H and O–H groups in total. The van der Waals surface area contributed by atoms with E-state index in [0.717, 1.165) is 50.5 Å². The number of aromatic nitrogens is 1. The van der Waals surface area contributed by atoms with Gasteiger partial charge in [-0.1, -0.05) is 18.6 Å². The highest BCUT2D eigenvalue weighted by Crippen LogP contribution is 2.42. The Morgan fingerprint density at radius 2 is 1.94 bits per heavy atom. The second-order valence-corrected chi connectivity index (χ2v) is 8.33. The summed E-state index contributed by atoms with van der Waals surface area (Å²) >= 11 is 0. The van der Waals surface area contributed by atoms with Crippen LogP contribution >= 0.6 is 0 Å². The molecule has 0 bridgehead atoms. The van der Waals surface area contributed by atoms with Crippen molar-refractivity contribution < 1.29 is 22.7 Å². The third-order valence-corrected chi connectivity index (χ3v) is 6.13. The van der Waals surface area contributed by atoms with E-state index >= 15 is 0 Å². The lowest BCUT2D eigenvalue weighted by Crippen LogP contribution is -2.52. The summed E-state index contributed by atoms with van der Waals surface area (Å²) in [5.74, 6) is 0.666. The third kappa shape index (κ3) is 5.01. The zero-order valence-electron chi connectivity index (χ0n) is 17.4. The predicted octanol–water partition coefficient (Wildman–Crippen LogP) is 4.12. The maximum Gasteiger partial charge on any atom is 0.416 e. The van der Waals surface area contributed by atoms with Gasteiger partial charge in [-0.3, -0.25) is 14.7 Å². The molecule has 1 aromatic carbocycles. The summed E-state index contributed by atoms with van der Waals surface area (Å²) in [7, 11) is 1.64. The Morgan fingerprint density at radius 3 is 2.52 bits per heavy atom. The number of carbonyl (C=O) groups is 1. The number of halogens is 3. The number of likely N-dealkylation sites (tertiary alicyclic amines) is 1. The number of ether oxygens (including phenoxy) is 1. The SMILES string of the molecule is CNC(=O)C1CN(Cc2ccc(OCc3cc(C(F)(F)F)c(C4CCC4)cn3)cc2)C1. The monoisotopic (exact) mass is 433 g/mol. The first-order valence-corrected chi connectivity index (χ1v) is 10.5. The van der Waals surface area contributed by atoms with Crippen molar-refractivity contribution in [2.75, 3.05) is 20.1 Å². The van der Waals surface area contributed by atoms with Crippen LogP contribution in [0.2, 0.25) is 0 Å². The molecule has 1 saturated carbocycles. The van der Waals surface area contributed by atoms with E-state index in [2.05, 4.69) is 15.2 Å². The molecule has 0 spiro atoms. The molecule has 2 heterocycles. The summed E-state index contributed by atoms with van der Waals surface area (Å²) in [5, 5.41) is 2.66. The zero-order valence-corrected chi connectivity index (χ0v) is 17.4. The minimum Gasteiger partial charge on any atom is -0.487 e. The second-order valence-electron chi connectivity index (χ2n) is 8.33. The fraction of sp³-hybridized carbons (Fsp3) is 0.478. The van der Waals surface area contributed by atoms with Gasteiger partial charge in [0, 0.05) is 32.9 Å². The Bertz CT molecular complexity index is 921. The Balaban J connectivity index is 1.33. The van der Waals surface area contributed by atoms with Crippen LogP contribution in [0.1, 0.15) is 47.6 Å². The number of hydrogen-bond acceptors (Lipinski definition) is 4. The molecule has 2 aliphatic rings. The summed E-state index contributed by atoms with van der Waals surface area (Å²) in [6, 6.07) is 8.58. The van der Waals surface area contributed by atoms with Crippen molar-refractivity contribution in [3.05, 3.63) is 58.9 Å². The number of alkyl halides is 3. The number of nitrogens with one attached hydrogen (secondary N) is 1. The smallest absolute Gasteiger partial charge is 0.416 e. The van der Waals surface area contributed by atoms with Gasteiger partial charge in [-0.2, -0.15) is 13.2 Å². The molecule has 8 heteroatoms. The maximum atomic E-state index is 13.5. The molecule has 1 aliphatic heterocycles. The molecule has 4 rings (SSSR count). The van der Waals surface area contributed by atoms with Crippen molar-refractivity contribution in [1.29, 1.82) is 0 Å². The first-order chi connectivity index (χ1) is 14.8. The average Bonchev–Trinajstić information content (AvgIpc) is 2.68. The molecule has 2 fully saturated rings. The molecule has 1 saturated heterocycles. The number of carbonyl (C=O) groups excluding carboxylic acids is 1. The third-order valence-electron chi connectivity index (χ3n) is 6.13. The maximum absolute atomic E-state index is 13.5. The fourth-order valence-corrected chi connectivity index (χ4v) is 4.05. The summed E-state index contributed by atoms with van der Waals surface area (Å²) in [6.45, 7) is 2.20. The lowest BCUT2D eigenvalue weighted by Gasteiger charge is -2.38. The molecule has 166 valence electrons. The molecule has 1 aliphatic carbocycles. The van der Waals surface area contributed by atoms with Crippen LogP contribution in [-0.4, -0.2) is 35.9 Å². The standard InChI is InChI=1S/C23H26F3N3O2/c1-27-22(30)17-12-29(13-17)11-15-5-7-19(8-6-15)31-14-18-9-21(23(24,25)26)20(10-28-18)16-3-2-4-16/h5-10,16-17H,2-4,11-14H2,1H3,(H,27,30). The van der Waals surface area contributed by atoms with Gasteiger partial charge in [-0.05, 0) is 48.1 Å². The summed E-state index contributed by atoms with van der Waals surface area (Å²) < 4.78 is 46.1. The topological polar surface area (TPSA) is 54.5 Å². The van der Waals surface area contributed by atoms with Crippen LogP contribution < -0.4 is 10.1 Å². The normalized spacial score (nSPS) is 17.7. The Hall–Kier alpha value is -2.61. The minimum atomic E-state index is -4.39. The quantitative estimate of drug-likeness (QED) is 0.714. The summed E-state index contributed by atoms with van der Waals surface area (Å²) in [4.78, 5) is 17.9. The minimum absolute atomic E-state index is 0.0205. The van der Waals surface area contributed by atoms with E-state index in [1.165, 1.54) is 6.20 Å². The van der Waals surface area contributed by atoms with E-state index in [1.54, 1.807) is 19.2 Å². The molecule has 31 heavy (non-hydrogen) atoms. The molecule has 0 atom stereocenters. The van der Waals surface area contributed by atoms with Crippen molar-refractivity contribution in [3.8, 4) is 5.75 Å².